The van der Waals surface area contributed by atoms with Crippen LogP contribution in [0.3, 0.4) is 0 Å². The van der Waals surface area contributed by atoms with E-state index in [-0.39, 0.29) is 17.4 Å². The van der Waals surface area contributed by atoms with Crippen molar-refractivity contribution in [3.05, 3.63) is 40.5 Å². The number of hydrogen-bond donors (Lipinski definition) is 2. The van der Waals surface area contributed by atoms with E-state index in [1.165, 1.54) is 0 Å². The zero-order valence-electron chi connectivity index (χ0n) is 13.7. The lowest BCUT2D eigenvalue weighted by Crippen LogP contribution is -2.38. The van der Waals surface area contributed by atoms with Crippen LogP contribution in [-0.2, 0) is 11.3 Å². The van der Waals surface area contributed by atoms with E-state index in [1.807, 2.05) is 32.3 Å². The number of imidazole rings is 1. The maximum Gasteiger partial charge on any atom is 0.242 e. The Morgan fingerprint density at radius 3 is 3.04 bits per heavy atom. The Hall–Kier alpha value is -1.73. The molecule has 0 unspecified atom stereocenters. The molecule has 1 amide bonds. The summed E-state index contributed by atoms with van der Waals surface area (Å²) in [7, 11) is 0. The highest BCUT2D eigenvalue weighted by Crippen LogP contribution is 2.55. The third kappa shape index (κ3) is 2.86. The zero-order valence-corrected chi connectivity index (χ0v) is 15.3. The fraction of sp³-hybridized carbons (Fsp3) is 0.471. The van der Waals surface area contributed by atoms with Crippen molar-refractivity contribution in [3.63, 3.8) is 0 Å². The number of fused-ring (bicyclic) bond motifs is 1. The number of nitrogens with one attached hydrogen (secondary N) is 2. The number of hydrogen-bond acceptors (Lipinski definition) is 4. The van der Waals surface area contributed by atoms with Crippen molar-refractivity contribution in [2.24, 2.45) is 5.41 Å². The first-order valence-electron chi connectivity index (χ1n) is 8.14. The number of amides is 1. The van der Waals surface area contributed by atoms with E-state index in [4.69, 9.17) is 0 Å². The van der Waals surface area contributed by atoms with E-state index in [2.05, 4.69) is 47.3 Å². The lowest BCUT2D eigenvalue weighted by atomic mass is 9.99. The van der Waals surface area contributed by atoms with Crippen LogP contribution >= 0.6 is 15.9 Å². The Labute approximate surface area is 149 Å². The average Bonchev–Trinajstić information content (AvgIpc) is 2.86. The quantitative estimate of drug-likeness (QED) is 0.787. The van der Waals surface area contributed by atoms with Crippen LogP contribution in [0.25, 0.3) is 0 Å². The summed E-state index contributed by atoms with van der Waals surface area (Å²) in [5, 5.41) is 6.42. The van der Waals surface area contributed by atoms with Crippen LogP contribution in [0.4, 0.5) is 5.82 Å². The fourth-order valence-corrected chi connectivity index (χ4v) is 3.99. The minimum Gasteiger partial charge on any atom is -0.337 e. The Bertz CT molecular complexity index is 804. The van der Waals surface area contributed by atoms with Gasteiger partial charge in [-0.2, -0.15) is 0 Å². The van der Waals surface area contributed by atoms with Crippen LogP contribution in [0.15, 0.2) is 29.3 Å². The number of aromatic nitrogens is 3. The maximum atomic E-state index is 12.6. The van der Waals surface area contributed by atoms with Gasteiger partial charge in [-0.05, 0) is 54.2 Å². The molecule has 4 rings (SSSR count). The van der Waals surface area contributed by atoms with Crippen molar-refractivity contribution in [2.45, 2.75) is 45.3 Å². The van der Waals surface area contributed by atoms with Crippen LogP contribution < -0.4 is 10.6 Å². The highest BCUT2D eigenvalue weighted by molar-refractivity contribution is 9.10. The van der Waals surface area contributed by atoms with Crippen LogP contribution in [0, 0.1) is 19.3 Å². The van der Waals surface area contributed by atoms with Crippen LogP contribution in [0.2, 0.25) is 0 Å². The molecule has 1 saturated carbocycles. The molecule has 1 saturated heterocycles. The largest absolute Gasteiger partial charge is 0.337 e. The second kappa shape index (κ2) is 5.67. The van der Waals surface area contributed by atoms with Gasteiger partial charge in [0.1, 0.15) is 10.4 Å². The fourth-order valence-electron chi connectivity index (χ4n) is 3.68. The Balaban J connectivity index is 1.42. The highest BCUT2D eigenvalue weighted by Gasteiger charge is 2.61. The summed E-state index contributed by atoms with van der Waals surface area (Å²) in [6.45, 7) is 4.86. The monoisotopic (exact) mass is 389 g/mol. The third-order valence-electron chi connectivity index (χ3n) is 5.08. The lowest BCUT2D eigenvalue weighted by Gasteiger charge is -2.17. The van der Waals surface area contributed by atoms with Gasteiger partial charge in [0.05, 0.1) is 18.1 Å². The summed E-state index contributed by atoms with van der Waals surface area (Å²) in [5.41, 5.74) is 2.17. The van der Waals surface area contributed by atoms with Crippen molar-refractivity contribution in [1.29, 1.82) is 0 Å². The molecule has 24 heavy (non-hydrogen) atoms. The summed E-state index contributed by atoms with van der Waals surface area (Å²) < 4.78 is 2.86. The van der Waals surface area contributed by atoms with Gasteiger partial charge in [0, 0.05) is 24.2 Å². The summed E-state index contributed by atoms with van der Waals surface area (Å²) in [4.78, 5) is 21.2. The zero-order chi connectivity index (χ0) is 16.9. The molecule has 0 bridgehead atoms. The second-order valence-electron chi connectivity index (χ2n) is 7.02. The molecule has 0 aromatic carbocycles. The van der Waals surface area contributed by atoms with Crippen LogP contribution in [0.5, 0.6) is 0 Å². The molecule has 6 nitrogen and oxygen atoms in total. The third-order valence-corrected chi connectivity index (χ3v) is 5.53. The molecule has 3 heterocycles. The van der Waals surface area contributed by atoms with E-state index < -0.39 is 0 Å². The molecule has 3 atom stereocenters. The van der Waals surface area contributed by atoms with Crippen molar-refractivity contribution in [3.8, 4) is 0 Å². The van der Waals surface area contributed by atoms with E-state index in [9.17, 15) is 4.79 Å². The number of halogens is 1. The molecule has 2 aromatic heterocycles. The molecule has 0 radical (unpaired) electrons. The molecule has 2 N–H and O–H groups in total. The minimum absolute atomic E-state index is 0.00270. The van der Waals surface area contributed by atoms with E-state index in [1.54, 1.807) is 0 Å². The predicted molar refractivity (Wildman–Crippen MR) is 94.6 cm³/mol. The van der Waals surface area contributed by atoms with Gasteiger partial charge in [-0.15, -0.1) is 0 Å². The molecule has 7 heteroatoms. The molecule has 2 aromatic rings. The standard InChI is InChI=1S/C17H20BrN5O/c1-10-3-4-14(18)21-15(10)22-16(24)12-5-17(6-13(17)20-12)8-23-7-11(2)19-9-23/h3-4,7,9,12-13,20H,5-6,8H2,1-2H3,(H,21,22,24)/t12-,13+,17-/m0/s1. The Kier molecular flexibility index (Phi) is 3.73. The number of rotatable bonds is 4. The average molecular weight is 390 g/mol. The molecule has 2 aliphatic rings. The second-order valence-corrected chi connectivity index (χ2v) is 7.83. The number of nitrogens with zero attached hydrogens (tertiary/aromatic N) is 3. The first kappa shape index (κ1) is 15.8. The topological polar surface area (TPSA) is 71.8 Å². The van der Waals surface area contributed by atoms with Crippen molar-refractivity contribution in [1.82, 2.24) is 19.9 Å². The number of piperidine rings is 1. The van der Waals surface area contributed by atoms with Crippen molar-refractivity contribution in [2.75, 3.05) is 5.32 Å². The van der Waals surface area contributed by atoms with Gasteiger partial charge in [-0.3, -0.25) is 4.79 Å². The van der Waals surface area contributed by atoms with Gasteiger partial charge < -0.3 is 15.2 Å². The van der Waals surface area contributed by atoms with E-state index in [0.29, 0.717) is 11.9 Å². The smallest absolute Gasteiger partial charge is 0.242 e. The van der Waals surface area contributed by atoms with Crippen molar-refractivity contribution < 1.29 is 4.79 Å². The van der Waals surface area contributed by atoms with Gasteiger partial charge in [0.25, 0.3) is 0 Å². The van der Waals surface area contributed by atoms with E-state index >= 15 is 0 Å². The minimum atomic E-state index is -0.159. The first-order valence-corrected chi connectivity index (χ1v) is 8.93. The number of carbonyl (C=O) groups is 1. The molecule has 0 spiro atoms. The number of pyridine rings is 1. The maximum absolute atomic E-state index is 12.6. The summed E-state index contributed by atoms with van der Waals surface area (Å²) >= 11 is 3.35. The van der Waals surface area contributed by atoms with Gasteiger partial charge in [-0.1, -0.05) is 6.07 Å². The molecular weight excluding hydrogens is 370 g/mol. The van der Waals surface area contributed by atoms with Gasteiger partial charge >= 0.3 is 0 Å². The number of anilines is 1. The summed E-state index contributed by atoms with van der Waals surface area (Å²) in [6.07, 6.45) is 5.92. The predicted octanol–water partition coefficient (Wildman–Crippen LogP) is 2.42. The molecule has 2 fully saturated rings. The molecule has 1 aliphatic carbocycles. The van der Waals surface area contributed by atoms with Gasteiger partial charge in [0.2, 0.25) is 5.91 Å². The Morgan fingerprint density at radius 2 is 2.29 bits per heavy atom. The SMILES string of the molecule is Cc1cn(C[C@@]23C[C@@H](C(=O)Nc4nc(Br)ccc4C)N[C@@H]2C3)cn1. The molecule has 1 aliphatic heterocycles. The van der Waals surface area contributed by atoms with E-state index in [0.717, 1.165) is 35.2 Å². The van der Waals surface area contributed by atoms with Crippen LogP contribution in [0.1, 0.15) is 24.1 Å². The molecular formula is C17H20BrN5O. The first-order chi connectivity index (χ1) is 11.4. The lowest BCUT2D eigenvalue weighted by molar-refractivity contribution is -0.118. The summed E-state index contributed by atoms with van der Waals surface area (Å²) in [5.74, 6) is 0.619. The number of aryl methyl sites for hydroxylation is 2. The van der Waals surface area contributed by atoms with Crippen LogP contribution in [-0.4, -0.2) is 32.5 Å². The number of carbonyl (C=O) groups excluding carboxylic acids is 1. The summed E-state index contributed by atoms with van der Waals surface area (Å²) in [6, 6.07) is 4.08. The van der Waals surface area contributed by atoms with Gasteiger partial charge in [0.15, 0.2) is 0 Å². The highest BCUT2D eigenvalue weighted by atomic mass is 79.9. The normalized spacial score (nSPS) is 27.8. The van der Waals surface area contributed by atoms with Gasteiger partial charge in [-0.25, -0.2) is 9.97 Å². The van der Waals surface area contributed by atoms with Crippen molar-refractivity contribution >= 4 is 27.7 Å². The molecule has 126 valence electrons. The Morgan fingerprint density at radius 1 is 1.46 bits per heavy atom.